The number of carbonyl (C=O) groups excluding carboxylic acids is 1. The van der Waals surface area contributed by atoms with Gasteiger partial charge in [-0.2, -0.15) is 0 Å². The lowest BCUT2D eigenvalue weighted by molar-refractivity contribution is -0.138. The van der Waals surface area contributed by atoms with Crippen molar-refractivity contribution >= 4 is 15.9 Å². The van der Waals surface area contributed by atoms with Crippen LogP contribution in [0.3, 0.4) is 0 Å². The zero-order chi connectivity index (χ0) is 23.1. The second-order valence-corrected chi connectivity index (χ2v) is 11.6. The molecule has 2 aliphatic heterocycles. The quantitative estimate of drug-likeness (QED) is 0.585. The Labute approximate surface area is 198 Å². The van der Waals surface area contributed by atoms with Crippen LogP contribution in [-0.4, -0.2) is 55.5 Å². The Morgan fingerprint density at radius 3 is 1.97 bits per heavy atom. The van der Waals surface area contributed by atoms with Crippen molar-refractivity contribution in [1.29, 1.82) is 0 Å². The first-order valence-electron chi connectivity index (χ1n) is 12.4. The summed E-state index contributed by atoms with van der Waals surface area (Å²) in [4.78, 5) is 15.1. The van der Waals surface area contributed by atoms with E-state index in [-0.39, 0.29) is 17.6 Å². The summed E-state index contributed by atoms with van der Waals surface area (Å²) < 4.78 is 27.1. The minimum Gasteiger partial charge on any atom is -0.342 e. The van der Waals surface area contributed by atoms with Crippen LogP contribution in [0.15, 0.2) is 60.7 Å². The molecular formula is C27H36N2O3S. The number of piperidine rings is 2. The molecule has 2 heterocycles. The molecule has 1 amide bonds. The Bertz CT molecular complexity index is 979. The highest BCUT2D eigenvalue weighted by Gasteiger charge is 2.34. The molecule has 33 heavy (non-hydrogen) atoms. The van der Waals surface area contributed by atoms with E-state index in [0.717, 1.165) is 38.8 Å². The molecule has 0 bridgehead atoms. The first kappa shape index (κ1) is 24.0. The zero-order valence-corrected chi connectivity index (χ0v) is 20.3. The summed E-state index contributed by atoms with van der Waals surface area (Å²) in [7, 11) is -3.26. The molecule has 0 N–H and O–H groups in total. The fourth-order valence-electron chi connectivity index (χ4n) is 5.18. The van der Waals surface area contributed by atoms with Gasteiger partial charge in [-0.25, -0.2) is 12.7 Å². The third-order valence-corrected chi connectivity index (χ3v) is 9.16. The molecule has 2 saturated heterocycles. The maximum absolute atomic E-state index is 13.1. The van der Waals surface area contributed by atoms with Gasteiger partial charge in [0, 0.05) is 32.1 Å². The molecule has 2 fully saturated rings. The number of hydrogen-bond acceptors (Lipinski definition) is 3. The SMILES string of the molecule is O=C(C1CCN(S(=O)(=O)CCCc2ccccc2)CC1)N1CCC(Cc2ccccc2)CC1. The highest BCUT2D eigenvalue weighted by atomic mass is 32.2. The fourth-order valence-corrected chi connectivity index (χ4v) is 6.71. The van der Waals surface area contributed by atoms with Crippen molar-refractivity contribution in [2.24, 2.45) is 11.8 Å². The van der Waals surface area contributed by atoms with E-state index in [2.05, 4.69) is 24.3 Å². The van der Waals surface area contributed by atoms with E-state index in [0.29, 0.717) is 38.3 Å². The number of benzene rings is 2. The van der Waals surface area contributed by atoms with E-state index in [4.69, 9.17) is 0 Å². The fraction of sp³-hybridized carbons (Fsp3) is 0.519. The van der Waals surface area contributed by atoms with Gasteiger partial charge in [0.05, 0.1) is 5.75 Å². The summed E-state index contributed by atoms with van der Waals surface area (Å²) >= 11 is 0. The van der Waals surface area contributed by atoms with Crippen molar-refractivity contribution in [3.8, 4) is 0 Å². The first-order chi connectivity index (χ1) is 16.0. The van der Waals surface area contributed by atoms with E-state index in [1.165, 1.54) is 11.1 Å². The molecule has 0 aromatic heterocycles. The van der Waals surface area contributed by atoms with Crippen LogP contribution in [0, 0.1) is 11.8 Å². The lowest BCUT2D eigenvalue weighted by Crippen LogP contribution is -2.47. The van der Waals surface area contributed by atoms with Gasteiger partial charge >= 0.3 is 0 Å². The number of carbonyl (C=O) groups is 1. The van der Waals surface area contributed by atoms with Gasteiger partial charge < -0.3 is 4.90 Å². The molecule has 2 aromatic carbocycles. The van der Waals surface area contributed by atoms with Gasteiger partial charge in [0.2, 0.25) is 15.9 Å². The Kier molecular flexibility index (Phi) is 8.20. The molecule has 2 aromatic rings. The topological polar surface area (TPSA) is 57.7 Å². The van der Waals surface area contributed by atoms with E-state index in [1.807, 2.05) is 41.3 Å². The first-order valence-corrected chi connectivity index (χ1v) is 14.0. The monoisotopic (exact) mass is 468 g/mol. The van der Waals surface area contributed by atoms with Crippen LogP contribution in [0.25, 0.3) is 0 Å². The van der Waals surface area contributed by atoms with Gasteiger partial charge in [-0.05, 0) is 62.0 Å². The Morgan fingerprint density at radius 2 is 1.36 bits per heavy atom. The second kappa shape index (κ2) is 11.3. The molecular weight excluding hydrogens is 432 g/mol. The van der Waals surface area contributed by atoms with Crippen LogP contribution in [0.1, 0.15) is 43.2 Å². The zero-order valence-electron chi connectivity index (χ0n) is 19.4. The normalized spacial score (nSPS) is 19.0. The molecule has 0 saturated carbocycles. The third-order valence-electron chi connectivity index (χ3n) is 7.20. The molecule has 4 rings (SSSR count). The summed E-state index contributed by atoms with van der Waals surface area (Å²) in [6.45, 7) is 2.59. The number of likely N-dealkylation sites (tertiary alicyclic amines) is 1. The lowest BCUT2D eigenvalue weighted by atomic mass is 9.89. The van der Waals surface area contributed by atoms with Crippen LogP contribution in [0.4, 0.5) is 0 Å². The Balaban J connectivity index is 1.19. The van der Waals surface area contributed by atoms with Gasteiger partial charge in [0.25, 0.3) is 0 Å². The van der Waals surface area contributed by atoms with E-state index < -0.39 is 10.0 Å². The summed E-state index contributed by atoms with van der Waals surface area (Å²) in [5.41, 5.74) is 2.55. The van der Waals surface area contributed by atoms with Gasteiger partial charge in [-0.1, -0.05) is 60.7 Å². The van der Waals surface area contributed by atoms with Crippen molar-refractivity contribution in [3.05, 3.63) is 71.8 Å². The van der Waals surface area contributed by atoms with E-state index in [9.17, 15) is 13.2 Å². The van der Waals surface area contributed by atoms with E-state index >= 15 is 0 Å². The van der Waals surface area contributed by atoms with Gasteiger partial charge in [0.1, 0.15) is 0 Å². The molecule has 5 nitrogen and oxygen atoms in total. The van der Waals surface area contributed by atoms with Crippen LogP contribution in [0.2, 0.25) is 0 Å². The van der Waals surface area contributed by atoms with Gasteiger partial charge in [-0.15, -0.1) is 0 Å². The van der Waals surface area contributed by atoms with Crippen LogP contribution in [0.5, 0.6) is 0 Å². The number of aryl methyl sites for hydroxylation is 1. The number of amides is 1. The Morgan fingerprint density at radius 1 is 0.788 bits per heavy atom. The molecule has 0 aliphatic carbocycles. The molecule has 6 heteroatoms. The molecule has 2 aliphatic rings. The van der Waals surface area contributed by atoms with Crippen molar-refractivity contribution in [1.82, 2.24) is 9.21 Å². The smallest absolute Gasteiger partial charge is 0.225 e. The number of sulfonamides is 1. The average molecular weight is 469 g/mol. The van der Waals surface area contributed by atoms with Gasteiger partial charge in [0.15, 0.2) is 0 Å². The molecule has 0 atom stereocenters. The van der Waals surface area contributed by atoms with Crippen LogP contribution in [-0.2, 0) is 27.7 Å². The second-order valence-electron chi connectivity index (χ2n) is 9.54. The maximum Gasteiger partial charge on any atom is 0.225 e. The predicted molar refractivity (Wildman–Crippen MR) is 132 cm³/mol. The summed E-state index contributed by atoms with van der Waals surface area (Å²) in [6.07, 6.45) is 5.87. The minimum absolute atomic E-state index is 0.0357. The standard InChI is InChI=1S/C27H36N2O3S/c30-27(28-17-13-25(14-18-28)22-24-10-5-2-6-11-24)26-15-19-29(20-16-26)33(31,32)21-7-12-23-8-3-1-4-9-23/h1-6,8-11,25-26H,7,12-22H2. The summed E-state index contributed by atoms with van der Waals surface area (Å²) in [6, 6.07) is 20.6. The summed E-state index contributed by atoms with van der Waals surface area (Å²) in [5.74, 6) is 1.01. The highest BCUT2D eigenvalue weighted by molar-refractivity contribution is 7.89. The van der Waals surface area contributed by atoms with Crippen molar-refractivity contribution in [3.63, 3.8) is 0 Å². The van der Waals surface area contributed by atoms with Crippen molar-refractivity contribution in [2.45, 2.75) is 44.9 Å². The predicted octanol–water partition coefficient (Wildman–Crippen LogP) is 4.14. The van der Waals surface area contributed by atoms with Crippen molar-refractivity contribution in [2.75, 3.05) is 31.9 Å². The Hall–Kier alpha value is -2.18. The average Bonchev–Trinajstić information content (AvgIpc) is 2.85. The number of rotatable bonds is 8. The lowest BCUT2D eigenvalue weighted by Gasteiger charge is -2.37. The number of nitrogens with zero attached hydrogens (tertiary/aromatic N) is 2. The minimum atomic E-state index is -3.26. The van der Waals surface area contributed by atoms with Crippen molar-refractivity contribution < 1.29 is 13.2 Å². The van der Waals surface area contributed by atoms with Crippen LogP contribution < -0.4 is 0 Å². The molecule has 0 radical (unpaired) electrons. The van der Waals surface area contributed by atoms with Gasteiger partial charge in [-0.3, -0.25) is 4.79 Å². The van der Waals surface area contributed by atoms with E-state index in [1.54, 1.807) is 4.31 Å². The molecule has 178 valence electrons. The third kappa shape index (κ3) is 6.67. The largest absolute Gasteiger partial charge is 0.342 e. The highest BCUT2D eigenvalue weighted by Crippen LogP contribution is 2.26. The summed E-state index contributed by atoms with van der Waals surface area (Å²) in [5, 5.41) is 0. The van der Waals surface area contributed by atoms with Crippen LogP contribution >= 0.6 is 0 Å². The maximum atomic E-state index is 13.1. The molecule has 0 unspecified atom stereocenters. The molecule has 0 spiro atoms. The number of hydrogen-bond donors (Lipinski definition) is 0.